The molecule has 0 aromatic rings. The Morgan fingerprint density at radius 1 is 1.36 bits per heavy atom. The second kappa shape index (κ2) is 4.76. The zero-order valence-electron chi connectivity index (χ0n) is 8.35. The summed E-state index contributed by atoms with van der Waals surface area (Å²) in [6, 6.07) is 0. The lowest BCUT2D eigenvalue weighted by Gasteiger charge is -2.28. The van der Waals surface area contributed by atoms with Crippen molar-refractivity contribution in [3.8, 4) is 0 Å². The molecule has 11 heavy (non-hydrogen) atoms. The van der Waals surface area contributed by atoms with Gasteiger partial charge in [-0.3, -0.25) is 0 Å². The van der Waals surface area contributed by atoms with Gasteiger partial charge in [0.25, 0.3) is 0 Å². The van der Waals surface area contributed by atoms with Crippen LogP contribution in [0.2, 0.25) is 0 Å². The first kappa shape index (κ1) is 11.0. The average Bonchev–Trinajstić information content (AvgIpc) is 2.04. The zero-order chi connectivity index (χ0) is 8.91. The van der Waals surface area contributed by atoms with E-state index in [1.807, 2.05) is 0 Å². The van der Waals surface area contributed by atoms with Crippen LogP contribution in [0.5, 0.6) is 0 Å². The first-order valence-electron chi connectivity index (χ1n) is 4.68. The largest absolute Gasteiger partial charge is 0.396 e. The second-order valence-electron chi connectivity index (χ2n) is 4.04. The molecule has 0 spiro atoms. The SMILES string of the molecule is CCC(C)CC(C)(CC)CO. The lowest BCUT2D eigenvalue weighted by atomic mass is 9.79. The number of aliphatic hydroxyl groups is 1. The van der Waals surface area contributed by atoms with E-state index in [9.17, 15) is 0 Å². The van der Waals surface area contributed by atoms with E-state index in [-0.39, 0.29) is 5.41 Å². The minimum atomic E-state index is 0.162. The molecule has 0 heterocycles. The van der Waals surface area contributed by atoms with Crippen molar-refractivity contribution in [2.75, 3.05) is 6.61 Å². The molecule has 0 aliphatic carbocycles. The minimum Gasteiger partial charge on any atom is -0.396 e. The van der Waals surface area contributed by atoms with Crippen molar-refractivity contribution >= 4 is 0 Å². The molecule has 0 radical (unpaired) electrons. The third kappa shape index (κ3) is 3.76. The number of aliphatic hydroxyl groups excluding tert-OH is 1. The van der Waals surface area contributed by atoms with E-state index in [2.05, 4.69) is 27.7 Å². The van der Waals surface area contributed by atoms with Crippen molar-refractivity contribution in [2.24, 2.45) is 11.3 Å². The van der Waals surface area contributed by atoms with Crippen LogP contribution in [0.1, 0.15) is 47.0 Å². The summed E-state index contributed by atoms with van der Waals surface area (Å²) >= 11 is 0. The van der Waals surface area contributed by atoms with Crippen LogP contribution in [-0.2, 0) is 0 Å². The highest BCUT2D eigenvalue weighted by molar-refractivity contribution is 4.73. The molecule has 1 heteroatoms. The Hall–Kier alpha value is -0.0400. The molecule has 0 amide bonds. The number of hydrogen-bond acceptors (Lipinski definition) is 1. The Morgan fingerprint density at radius 2 is 1.91 bits per heavy atom. The fraction of sp³-hybridized carbons (Fsp3) is 1.00. The lowest BCUT2D eigenvalue weighted by molar-refractivity contribution is 0.110. The molecule has 0 saturated carbocycles. The fourth-order valence-electron chi connectivity index (χ4n) is 1.31. The van der Waals surface area contributed by atoms with E-state index in [1.165, 1.54) is 6.42 Å². The molecule has 0 aromatic carbocycles. The van der Waals surface area contributed by atoms with E-state index in [1.54, 1.807) is 0 Å². The Kier molecular flexibility index (Phi) is 4.74. The predicted molar refractivity (Wildman–Crippen MR) is 49.6 cm³/mol. The summed E-state index contributed by atoms with van der Waals surface area (Å²) in [5, 5.41) is 9.13. The van der Waals surface area contributed by atoms with Crippen LogP contribution in [0.3, 0.4) is 0 Å². The summed E-state index contributed by atoms with van der Waals surface area (Å²) in [6.07, 6.45) is 3.44. The Balaban J connectivity index is 3.86. The quantitative estimate of drug-likeness (QED) is 0.652. The van der Waals surface area contributed by atoms with Gasteiger partial charge in [0.15, 0.2) is 0 Å². The van der Waals surface area contributed by atoms with E-state index in [4.69, 9.17) is 5.11 Å². The molecule has 0 aromatic heterocycles. The standard InChI is InChI=1S/C10H22O/c1-5-9(3)7-10(4,6-2)8-11/h9,11H,5-8H2,1-4H3. The first-order chi connectivity index (χ1) is 5.08. The van der Waals surface area contributed by atoms with Crippen LogP contribution in [0.25, 0.3) is 0 Å². The Bertz CT molecular complexity index is 95.0. The van der Waals surface area contributed by atoms with Gasteiger partial charge in [0.05, 0.1) is 0 Å². The van der Waals surface area contributed by atoms with Gasteiger partial charge < -0.3 is 5.11 Å². The van der Waals surface area contributed by atoms with Gasteiger partial charge in [-0.05, 0) is 24.2 Å². The van der Waals surface area contributed by atoms with Crippen molar-refractivity contribution < 1.29 is 5.11 Å². The molecular weight excluding hydrogens is 136 g/mol. The normalized spacial score (nSPS) is 19.4. The van der Waals surface area contributed by atoms with Crippen molar-refractivity contribution in [2.45, 2.75) is 47.0 Å². The minimum absolute atomic E-state index is 0.162. The van der Waals surface area contributed by atoms with Crippen molar-refractivity contribution in [1.82, 2.24) is 0 Å². The predicted octanol–water partition coefficient (Wildman–Crippen LogP) is 2.83. The second-order valence-corrected chi connectivity index (χ2v) is 4.04. The van der Waals surface area contributed by atoms with Gasteiger partial charge in [-0.15, -0.1) is 0 Å². The maximum absolute atomic E-state index is 9.13. The molecule has 0 bridgehead atoms. The van der Waals surface area contributed by atoms with Crippen LogP contribution in [0, 0.1) is 11.3 Å². The number of hydrogen-bond donors (Lipinski definition) is 1. The Labute approximate surface area is 70.8 Å². The monoisotopic (exact) mass is 158 g/mol. The summed E-state index contributed by atoms with van der Waals surface area (Å²) in [4.78, 5) is 0. The summed E-state index contributed by atoms with van der Waals surface area (Å²) in [5.74, 6) is 0.743. The molecule has 2 unspecified atom stereocenters. The van der Waals surface area contributed by atoms with Crippen molar-refractivity contribution in [3.63, 3.8) is 0 Å². The maximum atomic E-state index is 9.13. The summed E-state index contributed by atoms with van der Waals surface area (Å²) in [6.45, 7) is 9.10. The van der Waals surface area contributed by atoms with Crippen LogP contribution in [-0.4, -0.2) is 11.7 Å². The highest BCUT2D eigenvalue weighted by atomic mass is 16.3. The van der Waals surface area contributed by atoms with Gasteiger partial charge in [-0.2, -0.15) is 0 Å². The molecule has 68 valence electrons. The lowest BCUT2D eigenvalue weighted by Crippen LogP contribution is -2.22. The molecular formula is C10H22O. The van der Waals surface area contributed by atoms with Gasteiger partial charge in [0.1, 0.15) is 0 Å². The third-order valence-corrected chi connectivity index (χ3v) is 2.77. The molecule has 0 aliphatic heterocycles. The van der Waals surface area contributed by atoms with Crippen LogP contribution < -0.4 is 0 Å². The van der Waals surface area contributed by atoms with E-state index >= 15 is 0 Å². The highest BCUT2D eigenvalue weighted by Gasteiger charge is 2.22. The van der Waals surface area contributed by atoms with Gasteiger partial charge >= 0.3 is 0 Å². The topological polar surface area (TPSA) is 20.2 Å². The van der Waals surface area contributed by atoms with Crippen molar-refractivity contribution in [1.29, 1.82) is 0 Å². The van der Waals surface area contributed by atoms with Crippen LogP contribution in [0.4, 0.5) is 0 Å². The van der Waals surface area contributed by atoms with E-state index in [0.29, 0.717) is 6.61 Å². The molecule has 0 fully saturated rings. The maximum Gasteiger partial charge on any atom is 0.0484 e. The van der Waals surface area contributed by atoms with E-state index < -0.39 is 0 Å². The third-order valence-electron chi connectivity index (χ3n) is 2.77. The molecule has 0 rings (SSSR count). The van der Waals surface area contributed by atoms with Gasteiger partial charge in [0, 0.05) is 6.61 Å². The fourth-order valence-corrected chi connectivity index (χ4v) is 1.31. The molecule has 0 saturated heterocycles. The van der Waals surface area contributed by atoms with Crippen molar-refractivity contribution in [3.05, 3.63) is 0 Å². The molecule has 1 nitrogen and oxygen atoms in total. The number of rotatable bonds is 5. The summed E-state index contributed by atoms with van der Waals surface area (Å²) < 4.78 is 0. The first-order valence-corrected chi connectivity index (χ1v) is 4.68. The van der Waals surface area contributed by atoms with E-state index in [0.717, 1.165) is 18.8 Å². The summed E-state index contributed by atoms with van der Waals surface area (Å²) in [7, 11) is 0. The average molecular weight is 158 g/mol. The highest BCUT2D eigenvalue weighted by Crippen LogP contribution is 2.29. The van der Waals surface area contributed by atoms with Gasteiger partial charge in [-0.25, -0.2) is 0 Å². The van der Waals surface area contributed by atoms with Gasteiger partial charge in [0.2, 0.25) is 0 Å². The Morgan fingerprint density at radius 3 is 2.18 bits per heavy atom. The smallest absolute Gasteiger partial charge is 0.0484 e. The molecule has 2 atom stereocenters. The molecule has 1 N–H and O–H groups in total. The van der Waals surface area contributed by atoms with Crippen LogP contribution in [0.15, 0.2) is 0 Å². The zero-order valence-corrected chi connectivity index (χ0v) is 8.35. The van der Waals surface area contributed by atoms with Crippen LogP contribution >= 0.6 is 0 Å². The molecule has 0 aliphatic rings. The van der Waals surface area contributed by atoms with Gasteiger partial charge in [-0.1, -0.05) is 34.1 Å². The summed E-state index contributed by atoms with van der Waals surface area (Å²) in [5.41, 5.74) is 0.162.